The van der Waals surface area contributed by atoms with Crippen LogP contribution in [0.1, 0.15) is 49.9 Å². The minimum atomic E-state index is -0.898. The first-order valence-electron chi connectivity index (χ1n) is 11.3. The minimum absolute atomic E-state index is 0.00340. The molecule has 1 aromatic carbocycles. The molecule has 8 nitrogen and oxygen atoms in total. The molecule has 0 saturated carbocycles. The second kappa shape index (κ2) is 18.3. The third kappa shape index (κ3) is 12.5. The van der Waals surface area contributed by atoms with Gasteiger partial charge in [0, 0.05) is 5.56 Å². The van der Waals surface area contributed by atoms with Crippen LogP contribution in [0.2, 0.25) is 0 Å². The molecule has 0 heterocycles. The van der Waals surface area contributed by atoms with Crippen LogP contribution in [0.5, 0.6) is 0 Å². The van der Waals surface area contributed by atoms with Gasteiger partial charge in [-0.05, 0) is 12.8 Å². The van der Waals surface area contributed by atoms with Gasteiger partial charge in [0.2, 0.25) is 0 Å². The zero-order valence-corrected chi connectivity index (χ0v) is 19.2. The molecule has 0 radical (unpaired) electrons. The molecule has 0 aliphatic heterocycles. The summed E-state index contributed by atoms with van der Waals surface area (Å²) in [7, 11) is 0. The highest BCUT2D eigenvalue weighted by Gasteiger charge is 2.17. The monoisotopic (exact) mass is 452 g/mol. The zero-order chi connectivity index (χ0) is 23.4. The van der Waals surface area contributed by atoms with E-state index in [2.05, 4.69) is 6.92 Å². The van der Waals surface area contributed by atoms with E-state index in [4.69, 9.17) is 23.7 Å². The van der Waals surface area contributed by atoms with E-state index in [1.54, 1.807) is 30.3 Å². The summed E-state index contributed by atoms with van der Waals surface area (Å²) in [6.45, 7) is 6.34. The number of rotatable bonds is 19. The Morgan fingerprint density at radius 1 is 0.750 bits per heavy atom. The molecule has 0 aliphatic rings. The summed E-state index contributed by atoms with van der Waals surface area (Å²) in [6.07, 6.45) is 3.77. The molecule has 1 unspecified atom stereocenters. The van der Waals surface area contributed by atoms with E-state index in [0.29, 0.717) is 38.6 Å². The maximum atomic E-state index is 11.9. The summed E-state index contributed by atoms with van der Waals surface area (Å²) < 4.78 is 26.2. The minimum Gasteiger partial charge on any atom is -0.463 e. The van der Waals surface area contributed by atoms with E-state index in [1.807, 2.05) is 6.92 Å². The molecule has 0 saturated heterocycles. The summed E-state index contributed by atoms with van der Waals surface area (Å²) in [4.78, 5) is 35.4. The highest BCUT2D eigenvalue weighted by molar-refractivity contribution is 6.40. The standard InChI is InChI=1S/C24H36O8/c1-3-5-9-20(4-2)23(26)31-18-16-29-14-12-28-13-15-30-17-19-32-24(27)22(25)21-10-7-6-8-11-21/h6-8,10-11,20H,3-5,9,12-19H2,1-2H3. The molecule has 0 aromatic heterocycles. The molecule has 0 spiro atoms. The zero-order valence-electron chi connectivity index (χ0n) is 19.2. The first-order valence-corrected chi connectivity index (χ1v) is 11.3. The number of carbonyl (C=O) groups excluding carboxylic acids is 3. The fourth-order valence-corrected chi connectivity index (χ4v) is 2.77. The predicted molar refractivity (Wildman–Crippen MR) is 118 cm³/mol. The number of hydrogen-bond donors (Lipinski definition) is 0. The highest BCUT2D eigenvalue weighted by Crippen LogP contribution is 2.14. The maximum absolute atomic E-state index is 11.9. The van der Waals surface area contributed by atoms with Crippen LogP contribution in [0.15, 0.2) is 30.3 Å². The summed E-state index contributed by atoms with van der Waals surface area (Å²) in [5, 5.41) is 0. The van der Waals surface area contributed by atoms with Crippen LogP contribution in [0, 0.1) is 5.92 Å². The molecule has 1 rings (SSSR count). The number of unbranched alkanes of at least 4 members (excludes halogenated alkanes) is 1. The van der Waals surface area contributed by atoms with Gasteiger partial charge in [-0.3, -0.25) is 9.59 Å². The molecule has 0 fully saturated rings. The van der Waals surface area contributed by atoms with Crippen LogP contribution in [0.3, 0.4) is 0 Å². The average Bonchev–Trinajstić information content (AvgIpc) is 2.82. The Hall–Kier alpha value is -2.29. The van der Waals surface area contributed by atoms with Crippen molar-refractivity contribution in [3.8, 4) is 0 Å². The molecule has 0 N–H and O–H groups in total. The molecule has 0 bridgehead atoms. The lowest BCUT2D eigenvalue weighted by Gasteiger charge is -2.13. The second-order valence-electron chi connectivity index (χ2n) is 7.08. The van der Waals surface area contributed by atoms with Crippen molar-refractivity contribution in [3.63, 3.8) is 0 Å². The Bertz CT molecular complexity index is 647. The normalized spacial score (nSPS) is 11.7. The summed E-state index contributed by atoms with van der Waals surface area (Å²) in [6, 6.07) is 8.24. The lowest BCUT2D eigenvalue weighted by molar-refractivity contribution is -0.150. The lowest BCUT2D eigenvalue weighted by Crippen LogP contribution is -2.20. The molecular weight excluding hydrogens is 416 g/mol. The van der Waals surface area contributed by atoms with E-state index in [9.17, 15) is 14.4 Å². The SMILES string of the molecule is CCCCC(CC)C(=O)OCCOCCOCCOCCOC(=O)C(=O)c1ccccc1. The van der Waals surface area contributed by atoms with Crippen LogP contribution < -0.4 is 0 Å². The third-order valence-electron chi connectivity index (χ3n) is 4.63. The van der Waals surface area contributed by atoms with Gasteiger partial charge in [-0.15, -0.1) is 0 Å². The van der Waals surface area contributed by atoms with Crippen LogP contribution in [0.4, 0.5) is 0 Å². The molecule has 180 valence electrons. The fourth-order valence-electron chi connectivity index (χ4n) is 2.77. The van der Waals surface area contributed by atoms with Gasteiger partial charge < -0.3 is 23.7 Å². The van der Waals surface area contributed by atoms with Gasteiger partial charge in [0.25, 0.3) is 5.78 Å². The number of hydrogen-bond acceptors (Lipinski definition) is 8. The Morgan fingerprint density at radius 2 is 1.28 bits per heavy atom. The van der Waals surface area contributed by atoms with Crippen molar-refractivity contribution < 1.29 is 38.1 Å². The van der Waals surface area contributed by atoms with Crippen LogP contribution >= 0.6 is 0 Å². The fraction of sp³-hybridized carbons (Fsp3) is 0.625. The second-order valence-corrected chi connectivity index (χ2v) is 7.08. The quantitative estimate of drug-likeness (QED) is 0.137. The molecule has 8 heteroatoms. The lowest BCUT2D eigenvalue weighted by atomic mass is 10.00. The van der Waals surface area contributed by atoms with Gasteiger partial charge in [0.05, 0.1) is 45.6 Å². The van der Waals surface area contributed by atoms with E-state index in [-0.39, 0.29) is 31.7 Å². The van der Waals surface area contributed by atoms with Gasteiger partial charge in [0.15, 0.2) is 0 Å². The van der Waals surface area contributed by atoms with E-state index < -0.39 is 11.8 Å². The molecule has 32 heavy (non-hydrogen) atoms. The highest BCUT2D eigenvalue weighted by atomic mass is 16.6. The number of ketones is 1. The number of Topliss-reactive ketones (excluding diaryl/α,β-unsaturated/α-hetero) is 1. The number of esters is 2. The van der Waals surface area contributed by atoms with Crippen molar-refractivity contribution in [1.29, 1.82) is 0 Å². The summed E-state index contributed by atoms with van der Waals surface area (Å²) in [5.74, 6) is -1.74. The third-order valence-corrected chi connectivity index (χ3v) is 4.63. The van der Waals surface area contributed by atoms with Crippen molar-refractivity contribution in [2.75, 3.05) is 52.9 Å². The van der Waals surface area contributed by atoms with Gasteiger partial charge in [-0.2, -0.15) is 0 Å². The predicted octanol–water partition coefficient (Wildman–Crippen LogP) is 3.22. The van der Waals surface area contributed by atoms with Crippen LogP contribution in [-0.4, -0.2) is 70.6 Å². The van der Waals surface area contributed by atoms with Gasteiger partial charge in [-0.1, -0.05) is 57.0 Å². The van der Waals surface area contributed by atoms with Crippen LogP contribution in [0.25, 0.3) is 0 Å². The van der Waals surface area contributed by atoms with Crippen molar-refractivity contribution in [2.45, 2.75) is 39.5 Å². The first-order chi connectivity index (χ1) is 15.6. The smallest absolute Gasteiger partial charge is 0.379 e. The topological polar surface area (TPSA) is 97.4 Å². The summed E-state index contributed by atoms with van der Waals surface area (Å²) in [5.41, 5.74) is 0.296. The number of ether oxygens (including phenoxy) is 5. The largest absolute Gasteiger partial charge is 0.463 e. The Morgan fingerprint density at radius 3 is 1.81 bits per heavy atom. The molecular formula is C24H36O8. The number of carbonyl (C=O) groups is 3. The maximum Gasteiger partial charge on any atom is 0.379 e. The van der Waals surface area contributed by atoms with E-state index >= 15 is 0 Å². The van der Waals surface area contributed by atoms with Crippen molar-refractivity contribution >= 4 is 17.7 Å². The van der Waals surface area contributed by atoms with Gasteiger partial charge in [-0.25, -0.2) is 4.79 Å². The Balaban J connectivity index is 1.90. The molecule has 1 atom stereocenters. The van der Waals surface area contributed by atoms with E-state index in [1.165, 1.54) is 0 Å². The van der Waals surface area contributed by atoms with Crippen molar-refractivity contribution in [3.05, 3.63) is 35.9 Å². The number of benzene rings is 1. The van der Waals surface area contributed by atoms with Crippen LogP contribution in [-0.2, 0) is 33.3 Å². The van der Waals surface area contributed by atoms with Crippen molar-refractivity contribution in [2.24, 2.45) is 5.92 Å². The molecule has 1 aromatic rings. The Kier molecular flexibility index (Phi) is 15.9. The average molecular weight is 453 g/mol. The first kappa shape index (κ1) is 27.7. The van der Waals surface area contributed by atoms with E-state index in [0.717, 1.165) is 25.7 Å². The molecule has 0 aliphatic carbocycles. The van der Waals surface area contributed by atoms with Gasteiger partial charge >= 0.3 is 11.9 Å². The van der Waals surface area contributed by atoms with Gasteiger partial charge in [0.1, 0.15) is 13.2 Å². The Labute approximate surface area is 190 Å². The van der Waals surface area contributed by atoms with Crippen molar-refractivity contribution in [1.82, 2.24) is 0 Å². The molecule has 0 amide bonds. The summed E-state index contributed by atoms with van der Waals surface area (Å²) >= 11 is 0.